The summed E-state index contributed by atoms with van der Waals surface area (Å²) in [5, 5.41) is 4.42. The van der Waals surface area contributed by atoms with E-state index in [0.717, 1.165) is 5.56 Å². The summed E-state index contributed by atoms with van der Waals surface area (Å²) in [6.07, 6.45) is 3.38. The standard InChI is InChI=1S/C12H11Cl2N3O2/c1-17-5-7(4-16-17)6-19-12(18)8-2-9(13)11(14)10(15)3-8/h2-5H,6,15H2,1H3. The number of hydrogen-bond acceptors (Lipinski definition) is 4. The Bertz CT molecular complexity index is 602. The number of anilines is 1. The molecule has 0 atom stereocenters. The van der Waals surface area contributed by atoms with Crippen molar-refractivity contribution >= 4 is 34.9 Å². The first-order valence-electron chi connectivity index (χ1n) is 5.36. The average Bonchev–Trinajstić information content (AvgIpc) is 2.78. The van der Waals surface area contributed by atoms with Gasteiger partial charge in [0.15, 0.2) is 0 Å². The molecule has 1 aromatic heterocycles. The molecule has 0 unspecified atom stereocenters. The molecule has 7 heteroatoms. The first-order valence-corrected chi connectivity index (χ1v) is 6.12. The van der Waals surface area contributed by atoms with Crippen LogP contribution in [-0.2, 0) is 18.4 Å². The number of hydrogen-bond donors (Lipinski definition) is 1. The summed E-state index contributed by atoms with van der Waals surface area (Å²) in [5.41, 5.74) is 6.93. The zero-order chi connectivity index (χ0) is 14.0. The van der Waals surface area contributed by atoms with E-state index < -0.39 is 5.97 Å². The highest BCUT2D eigenvalue weighted by atomic mass is 35.5. The third-order valence-corrected chi connectivity index (χ3v) is 3.24. The Kier molecular flexibility index (Phi) is 3.97. The van der Waals surface area contributed by atoms with Crippen LogP contribution in [0.1, 0.15) is 15.9 Å². The molecule has 0 aliphatic carbocycles. The minimum atomic E-state index is -0.519. The van der Waals surface area contributed by atoms with Crippen LogP contribution in [0.15, 0.2) is 24.5 Å². The lowest BCUT2D eigenvalue weighted by atomic mass is 10.2. The van der Waals surface area contributed by atoms with Gasteiger partial charge in [-0.3, -0.25) is 4.68 Å². The maximum absolute atomic E-state index is 11.8. The van der Waals surface area contributed by atoms with Crippen molar-refractivity contribution in [2.24, 2.45) is 7.05 Å². The molecule has 2 aromatic rings. The van der Waals surface area contributed by atoms with Crippen molar-refractivity contribution in [3.63, 3.8) is 0 Å². The van der Waals surface area contributed by atoms with Crippen LogP contribution in [0.2, 0.25) is 10.0 Å². The van der Waals surface area contributed by atoms with E-state index in [1.165, 1.54) is 12.1 Å². The monoisotopic (exact) mass is 299 g/mol. The number of esters is 1. The molecule has 19 heavy (non-hydrogen) atoms. The van der Waals surface area contributed by atoms with E-state index in [0.29, 0.717) is 0 Å². The number of carbonyl (C=O) groups excluding carboxylic acids is 1. The van der Waals surface area contributed by atoms with E-state index >= 15 is 0 Å². The third-order valence-electron chi connectivity index (χ3n) is 2.42. The number of rotatable bonds is 3. The highest BCUT2D eigenvalue weighted by molar-refractivity contribution is 6.43. The average molecular weight is 300 g/mol. The summed E-state index contributed by atoms with van der Waals surface area (Å²) in [6, 6.07) is 2.85. The van der Waals surface area contributed by atoms with Gasteiger partial charge in [-0.15, -0.1) is 0 Å². The maximum atomic E-state index is 11.8. The molecule has 2 N–H and O–H groups in total. The smallest absolute Gasteiger partial charge is 0.338 e. The number of benzene rings is 1. The molecule has 0 spiro atoms. The fourth-order valence-electron chi connectivity index (χ4n) is 1.51. The van der Waals surface area contributed by atoms with Gasteiger partial charge in [-0.1, -0.05) is 23.2 Å². The highest BCUT2D eigenvalue weighted by Gasteiger charge is 2.13. The fourth-order valence-corrected chi connectivity index (χ4v) is 1.84. The number of nitrogen functional groups attached to an aromatic ring is 1. The number of halogens is 2. The van der Waals surface area contributed by atoms with Crippen LogP contribution in [-0.4, -0.2) is 15.7 Å². The van der Waals surface area contributed by atoms with E-state index in [-0.39, 0.29) is 27.9 Å². The van der Waals surface area contributed by atoms with Gasteiger partial charge in [0, 0.05) is 18.8 Å². The molecule has 1 aromatic carbocycles. The van der Waals surface area contributed by atoms with Crippen molar-refractivity contribution in [3.8, 4) is 0 Å². The molecule has 0 amide bonds. The SMILES string of the molecule is Cn1cc(COC(=O)c2cc(N)c(Cl)c(Cl)c2)cn1. The molecule has 0 fully saturated rings. The number of aryl methyl sites for hydroxylation is 1. The highest BCUT2D eigenvalue weighted by Crippen LogP contribution is 2.29. The molecule has 100 valence electrons. The Labute approximate surface area is 119 Å². The van der Waals surface area contributed by atoms with E-state index in [4.69, 9.17) is 33.7 Å². The van der Waals surface area contributed by atoms with Gasteiger partial charge in [-0.2, -0.15) is 5.10 Å². The predicted molar refractivity (Wildman–Crippen MR) is 73.2 cm³/mol. The minimum Gasteiger partial charge on any atom is -0.457 e. The number of nitrogens with two attached hydrogens (primary N) is 1. The third kappa shape index (κ3) is 3.19. The van der Waals surface area contributed by atoms with Crippen molar-refractivity contribution in [1.29, 1.82) is 0 Å². The second-order valence-corrected chi connectivity index (χ2v) is 4.74. The molecular formula is C12H11Cl2N3O2. The summed E-state index contributed by atoms with van der Waals surface area (Å²) in [6.45, 7) is 0.132. The van der Waals surface area contributed by atoms with E-state index in [1.54, 1.807) is 24.1 Å². The van der Waals surface area contributed by atoms with E-state index in [2.05, 4.69) is 5.10 Å². The van der Waals surface area contributed by atoms with Gasteiger partial charge in [0.1, 0.15) is 6.61 Å². The summed E-state index contributed by atoms with van der Waals surface area (Å²) in [5.74, 6) is -0.519. The van der Waals surface area contributed by atoms with Crippen LogP contribution in [0.5, 0.6) is 0 Å². The van der Waals surface area contributed by atoms with Crippen molar-refractivity contribution < 1.29 is 9.53 Å². The van der Waals surface area contributed by atoms with Gasteiger partial charge in [-0.25, -0.2) is 4.79 Å². The van der Waals surface area contributed by atoms with Gasteiger partial charge in [0.05, 0.1) is 27.5 Å². The maximum Gasteiger partial charge on any atom is 0.338 e. The van der Waals surface area contributed by atoms with Crippen LogP contribution in [0.25, 0.3) is 0 Å². The molecule has 2 rings (SSSR count). The van der Waals surface area contributed by atoms with Crippen LogP contribution in [0, 0.1) is 0 Å². The second kappa shape index (κ2) is 5.50. The zero-order valence-corrected chi connectivity index (χ0v) is 11.6. The van der Waals surface area contributed by atoms with Gasteiger partial charge in [-0.05, 0) is 12.1 Å². The Hall–Kier alpha value is -1.72. The predicted octanol–water partition coefficient (Wildman–Crippen LogP) is 2.67. The Morgan fingerprint density at radius 1 is 1.47 bits per heavy atom. The molecular weight excluding hydrogens is 289 g/mol. The molecule has 1 heterocycles. The van der Waals surface area contributed by atoms with Crippen LogP contribution < -0.4 is 5.73 Å². The first-order chi connectivity index (χ1) is 8.97. The van der Waals surface area contributed by atoms with Crippen molar-refractivity contribution in [2.75, 3.05) is 5.73 Å². The Morgan fingerprint density at radius 3 is 2.79 bits per heavy atom. The lowest BCUT2D eigenvalue weighted by Crippen LogP contribution is -2.06. The van der Waals surface area contributed by atoms with Gasteiger partial charge < -0.3 is 10.5 Å². The number of ether oxygens (including phenoxy) is 1. The molecule has 0 saturated carbocycles. The summed E-state index contributed by atoms with van der Waals surface area (Å²) >= 11 is 11.7. The van der Waals surface area contributed by atoms with Crippen LogP contribution in [0.3, 0.4) is 0 Å². The van der Waals surface area contributed by atoms with Crippen LogP contribution >= 0.6 is 23.2 Å². The van der Waals surface area contributed by atoms with Crippen molar-refractivity contribution in [1.82, 2.24) is 9.78 Å². The van der Waals surface area contributed by atoms with Crippen LogP contribution in [0.4, 0.5) is 5.69 Å². The topological polar surface area (TPSA) is 70.1 Å². The largest absolute Gasteiger partial charge is 0.457 e. The number of nitrogens with zero attached hydrogens (tertiary/aromatic N) is 2. The summed E-state index contributed by atoms with van der Waals surface area (Å²) in [4.78, 5) is 11.8. The molecule has 0 saturated heterocycles. The zero-order valence-electron chi connectivity index (χ0n) is 10.1. The molecule has 0 aliphatic rings. The van der Waals surface area contributed by atoms with Gasteiger partial charge in [0.2, 0.25) is 0 Å². The molecule has 0 radical (unpaired) electrons. The summed E-state index contributed by atoms with van der Waals surface area (Å²) in [7, 11) is 1.78. The van der Waals surface area contributed by atoms with E-state index in [1.807, 2.05) is 0 Å². The van der Waals surface area contributed by atoms with Gasteiger partial charge in [0.25, 0.3) is 0 Å². The van der Waals surface area contributed by atoms with Crippen molar-refractivity contribution in [2.45, 2.75) is 6.61 Å². The molecule has 0 aliphatic heterocycles. The fraction of sp³-hybridized carbons (Fsp3) is 0.167. The number of aromatic nitrogens is 2. The molecule has 0 bridgehead atoms. The second-order valence-electron chi connectivity index (χ2n) is 3.96. The van der Waals surface area contributed by atoms with Crippen molar-refractivity contribution in [3.05, 3.63) is 45.7 Å². The Morgan fingerprint density at radius 2 is 2.21 bits per heavy atom. The first kappa shape index (κ1) is 13.7. The summed E-state index contributed by atoms with van der Waals surface area (Å²) < 4.78 is 6.75. The van der Waals surface area contributed by atoms with Gasteiger partial charge >= 0.3 is 5.97 Å². The lowest BCUT2D eigenvalue weighted by molar-refractivity contribution is 0.0472. The minimum absolute atomic E-state index is 0.132. The Balaban J connectivity index is 2.08. The quantitative estimate of drug-likeness (QED) is 0.699. The van der Waals surface area contributed by atoms with E-state index in [9.17, 15) is 4.79 Å². The number of carbonyl (C=O) groups is 1. The molecule has 5 nitrogen and oxygen atoms in total. The normalized spacial score (nSPS) is 10.5. The lowest BCUT2D eigenvalue weighted by Gasteiger charge is -2.06.